The lowest BCUT2D eigenvalue weighted by molar-refractivity contribution is -0.116. The number of ether oxygens (including phenoxy) is 1. The van der Waals surface area contributed by atoms with Gasteiger partial charge >= 0.3 is 0 Å². The van der Waals surface area contributed by atoms with E-state index in [0.717, 1.165) is 16.9 Å². The Morgan fingerprint density at radius 2 is 1.55 bits per heavy atom. The highest BCUT2D eigenvalue weighted by molar-refractivity contribution is 5.97. The molecule has 0 bridgehead atoms. The van der Waals surface area contributed by atoms with Gasteiger partial charge in [0, 0.05) is 12.7 Å². The van der Waals surface area contributed by atoms with Crippen LogP contribution in [0.3, 0.4) is 0 Å². The molecule has 2 amide bonds. The molecule has 0 aliphatic rings. The molecule has 6 nitrogen and oxygen atoms in total. The van der Waals surface area contributed by atoms with Crippen LogP contribution in [0.5, 0.6) is 5.75 Å². The van der Waals surface area contributed by atoms with Gasteiger partial charge in [0.05, 0.1) is 6.54 Å². The fourth-order valence-corrected chi connectivity index (χ4v) is 2.67. The van der Waals surface area contributed by atoms with Crippen molar-refractivity contribution in [3.8, 4) is 5.75 Å². The molecule has 0 spiro atoms. The minimum atomic E-state index is -0.370. The Hall–Kier alpha value is -3.54. The molecule has 1 N–H and O–H groups in total. The Morgan fingerprint density at radius 1 is 0.931 bits per heavy atom. The highest BCUT2D eigenvalue weighted by Crippen LogP contribution is 2.16. The molecule has 0 fully saturated rings. The van der Waals surface area contributed by atoms with Crippen LogP contribution in [0.2, 0.25) is 0 Å². The summed E-state index contributed by atoms with van der Waals surface area (Å²) in [5.41, 5.74) is 2.95. The Morgan fingerprint density at radius 3 is 2.21 bits per heavy atom. The summed E-state index contributed by atoms with van der Waals surface area (Å²) in [7, 11) is 1.56. The van der Waals surface area contributed by atoms with Gasteiger partial charge in [0.15, 0.2) is 5.76 Å². The van der Waals surface area contributed by atoms with Crippen molar-refractivity contribution >= 4 is 17.5 Å². The third-order valence-corrected chi connectivity index (χ3v) is 4.34. The predicted octanol–water partition coefficient (Wildman–Crippen LogP) is 4.19. The predicted molar refractivity (Wildman–Crippen MR) is 111 cm³/mol. The lowest BCUT2D eigenvalue weighted by Crippen LogP contribution is -2.34. The topological polar surface area (TPSA) is 71.8 Å². The van der Waals surface area contributed by atoms with Gasteiger partial charge in [0.2, 0.25) is 5.91 Å². The number of carbonyl (C=O) groups is 2. The summed E-state index contributed by atoms with van der Waals surface area (Å²) in [4.78, 5) is 26.0. The molecule has 0 saturated carbocycles. The monoisotopic (exact) mass is 392 g/mol. The minimum absolute atomic E-state index is 0.0807. The van der Waals surface area contributed by atoms with Gasteiger partial charge in [-0.3, -0.25) is 9.59 Å². The standard InChI is InChI=1S/C23H24N2O4/c1-16-4-8-18(9-5-16)24-22(26)14-25(3)23(27)21-13-12-20(29-21)15-28-19-10-6-17(2)7-11-19/h4-13H,14-15H2,1-3H3,(H,24,26). The van der Waals surface area contributed by atoms with Crippen molar-refractivity contribution in [2.24, 2.45) is 0 Å². The minimum Gasteiger partial charge on any atom is -0.486 e. The first-order chi connectivity index (χ1) is 13.9. The SMILES string of the molecule is Cc1ccc(NC(=O)CN(C)C(=O)c2ccc(COc3ccc(C)cc3)o2)cc1. The van der Waals surface area contributed by atoms with Gasteiger partial charge in [-0.1, -0.05) is 35.4 Å². The molecule has 6 heteroatoms. The number of amides is 2. The highest BCUT2D eigenvalue weighted by atomic mass is 16.5. The molecule has 0 atom stereocenters. The van der Waals surface area contributed by atoms with E-state index in [0.29, 0.717) is 11.4 Å². The largest absolute Gasteiger partial charge is 0.486 e. The summed E-state index contributed by atoms with van der Waals surface area (Å²) in [6.07, 6.45) is 0. The molecule has 1 heterocycles. The second-order valence-corrected chi connectivity index (χ2v) is 6.94. The van der Waals surface area contributed by atoms with Gasteiger partial charge in [-0.2, -0.15) is 0 Å². The number of hydrogen-bond acceptors (Lipinski definition) is 4. The van der Waals surface area contributed by atoms with Crippen LogP contribution in [-0.4, -0.2) is 30.3 Å². The molecule has 3 aromatic rings. The first-order valence-corrected chi connectivity index (χ1v) is 9.31. The second-order valence-electron chi connectivity index (χ2n) is 6.94. The summed E-state index contributed by atoms with van der Waals surface area (Å²) in [5, 5.41) is 2.77. The summed E-state index contributed by atoms with van der Waals surface area (Å²) >= 11 is 0. The lowest BCUT2D eigenvalue weighted by atomic mass is 10.2. The normalized spacial score (nSPS) is 10.4. The van der Waals surface area contributed by atoms with E-state index >= 15 is 0 Å². The number of hydrogen-bond donors (Lipinski definition) is 1. The first-order valence-electron chi connectivity index (χ1n) is 9.31. The fraction of sp³-hybridized carbons (Fsp3) is 0.217. The van der Waals surface area contributed by atoms with Crippen LogP contribution in [0, 0.1) is 13.8 Å². The number of anilines is 1. The third kappa shape index (κ3) is 5.72. The molecule has 29 heavy (non-hydrogen) atoms. The van der Waals surface area contributed by atoms with Gasteiger partial charge in [-0.05, 0) is 50.2 Å². The van der Waals surface area contributed by atoms with Crippen LogP contribution in [0.4, 0.5) is 5.69 Å². The number of aryl methyl sites for hydroxylation is 2. The van der Waals surface area contributed by atoms with Crippen molar-refractivity contribution in [1.29, 1.82) is 0 Å². The van der Waals surface area contributed by atoms with E-state index < -0.39 is 0 Å². The molecule has 0 aliphatic carbocycles. The zero-order chi connectivity index (χ0) is 20.8. The van der Waals surface area contributed by atoms with Gasteiger partial charge in [-0.25, -0.2) is 0 Å². The Bertz CT molecular complexity index is 975. The summed E-state index contributed by atoms with van der Waals surface area (Å²) in [5.74, 6) is 0.777. The quantitative estimate of drug-likeness (QED) is 0.655. The van der Waals surface area contributed by atoms with E-state index in [1.807, 2.05) is 62.4 Å². The number of likely N-dealkylation sites (N-methyl/N-ethyl adjacent to an activating group) is 1. The van der Waals surface area contributed by atoms with Crippen molar-refractivity contribution in [3.05, 3.63) is 83.3 Å². The zero-order valence-corrected chi connectivity index (χ0v) is 16.8. The van der Waals surface area contributed by atoms with E-state index in [1.165, 1.54) is 4.90 Å². The van der Waals surface area contributed by atoms with Gasteiger partial charge in [0.25, 0.3) is 5.91 Å². The van der Waals surface area contributed by atoms with Crippen molar-refractivity contribution in [2.75, 3.05) is 18.9 Å². The maximum Gasteiger partial charge on any atom is 0.289 e. The van der Waals surface area contributed by atoms with Crippen molar-refractivity contribution in [2.45, 2.75) is 20.5 Å². The molecule has 3 rings (SSSR count). The maximum atomic E-state index is 12.5. The average Bonchev–Trinajstić information content (AvgIpc) is 3.17. The molecule has 0 unspecified atom stereocenters. The molecular formula is C23H24N2O4. The summed E-state index contributed by atoms with van der Waals surface area (Å²) in [6, 6.07) is 18.4. The van der Waals surface area contributed by atoms with E-state index in [9.17, 15) is 9.59 Å². The average molecular weight is 392 g/mol. The van der Waals surface area contributed by atoms with Crippen molar-refractivity contribution in [1.82, 2.24) is 4.90 Å². The molecule has 1 aromatic heterocycles. The molecule has 0 saturated heterocycles. The maximum absolute atomic E-state index is 12.5. The molecule has 150 valence electrons. The van der Waals surface area contributed by atoms with Gasteiger partial charge in [-0.15, -0.1) is 0 Å². The number of rotatable bonds is 7. The van der Waals surface area contributed by atoms with E-state index in [2.05, 4.69) is 5.32 Å². The van der Waals surface area contributed by atoms with E-state index in [4.69, 9.17) is 9.15 Å². The Balaban J connectivity index is 1.52. The number of furan rings is 1. The van der Waals surface area contributed by atoms with E-state index in [1.54, 1.807) is 19.2 Å². The number of carbonyl (C=O) groups excluding carboxylic acids is 2. The number of benzene rings is 2. The Kier molecular flexibility index (Phi) is 6.34. The van der Waals surface area contributed by atoms with Crippen LogP contribution in [0.25, 0.3) is 0 Å². The van der Waals surface area contributed by atoms with Crippen LogP contribution >= 0.6 is 0 Å². The lowest BCUT2D eigenvalue weighted by Gasteiger charge is -2.15. The third-order valence-electron chi connectivity index (χ3n) is 4.34. The highest BCUT2D eigenvalue weighted by Gasteiger charge is 2.18. The van der Waals surface area contributed by atoms with Gasteiger partial charge < -0.3 is 19.4 Å². The Labute approximate surface area is 170 Å². The summed E-state index contributed by atoms with van der Waals surface area (Å²) in [6.45, 7) is 4.11. The van der Waals surface area contributed by atoms with Crippen LogP contribution in [0.15, 0.2) is 65.1 Å². The summed E-state index contributed by atoms with van der Waals surface area (Å²) < 4.78 is 11.2. The van der Waals surface area contributed by atoms with Crippen molar-refractivity contribution < 1.29 is 18.7 Å². The number of nitrogens with one attached hydrogen (secondary N) is 1. The van der Waals surface area contributed by atoms with Crippen LogP contribution in [0.1, 0.15) is 27.4 Å². The van der Waals surface area contributed by atoms with Crippen molar-refractivity contribution in [3.63, 3.8) is 0 Å². The second kappa shape index (κ2) is 9.10. The molecule has 0 aliphatic heterocycles. The molecular weight excluding hydrogens is 368 g/mol. The smallest absolute Gasteiger partial charge is 0.289 e. The number of nitrogens with zero attached hydrogens (tertiary/aromatic N) is 1. The molecule has 2 aromatic carbocycles. The first kappa shape index (κ1) is 20.2. The fourth-order valence-electron chi connectivity index (χ4n) is 2.67. The van der Waals surface area contributed by atoms with Crippen LogP contribution in [-0.2, 0) is 11.4 Å². The van der Waals surface area contributed by atoms with Crippen LogP contribution < -0.4 is 10.1 Å². The van der Waals surface area contributed by atoms with E-state index in [-0.39, 0.29) is 30.7 Å². The molecule has 0 radical (unpaired) electrons. The van der Waals surface area contributed by atoms with Gasteiger partial charge in [0.1, 0.15) is 18.1 Å². The zero-order valence-electron chi connectivity index (χ0n) is 16.8.